The number of para-hydroxylation sites is 1. The molecule has 31 heavy (non-hydrogen) atoms. The van der Waals surface area contributed by atoms with Gasteiger partial charge < -0.3 is 4.74 Å². The molecule has 0 fully saturated rings. The van der Waals surface area contributed by atoms with Gasteiger partial charge in [0.05, 0.1) is 0 Å². The second-order valence-corrected chi connectivity index (χ2v) is 7.83. The Kier molecular flexibility index (Phi) is 7.75. The van der Waals surface area contributed by atoms with Crippen LogP contribution in [-0.2, 0) is 4.79 Å². The number of amides is 2. The average molecular weight is 498 g/mol. The number of rotatable bonds is 5. The fourth-order valence-corrected chi connectivity index (χ4v) is 3.22. The zero-order valence-corrected chi connectivity index (χ0v) is 19.0. The van der Waals surface area contributed by atoms with Gasteiger partial charge in [-0.1, -0.05) is 70.5 Å². The largest absolute Gasteiger partial charge is 0.483 e. The van der Waals surface area contributed by atoms with E-state index in [-0.39, 0.29) is 17.6 Å². The number of thiocarbonyl (C=S) groups is 1. The first-order valence-electron chi connectivity index (χ1n) is 9.37. The van der Waals surface area contributed by atoms with Gasteiger partial charge in [-0.15, -0.1) is 0 Å². The Balaban J connectivity index is 1.49. The number of nitrogens with one attached hydrogen (secondary N) is 3. The van der Waals surface area contributed by atoms with Crippen LogP contribution in [0.25, 0.3) is 11.1 Å². The summed E-state index contributed by atoms with van der Waals surface area (Å²) in [6.07, 6.45) is 0. The maximum absolute atomic E-state index is 12.2. The molecule has 0 aromatic heterocycles. The van der Waals surface area contributed by atoms with E-state index in [0.717, 1.165) is 21.2 Å². The van der Waals surface area contributed by atoms with Crippen LogP contribution in [0.3, 0.4) is 0 Å². The van der Waals surface area contributed by atoms with Gasteiger partial charge in [-0.3, -0.25) is 25.8 Å². The number of hydrazine groups is 1. The molecule has 0 bridgehead atoms. The van der Waals surface area contributed by atoms with Crippen molar-refractivity contribution in [3.05, 3.63) is 88.4 Å². The van der Waals surface area contributed by atoms with Gasteiger partial charge >= 0.3 is 0 Å². The Morgan fingerprint density at radius 3 is 2.42 bits per heavy atom. The van der Waals surface area contributed by atoms with Gasteiger partial charge in [0.25, 0.3) is 11.8 Å². The third-order valence-corrected chi connectivity index (χ3v) is 5.37. The van der Waals surface area contributed by atoms with Gasteiger partial charge in [-0.05, 0) is 48.5 Å². The minimum absolute atomic E-state index is 0.0280. The van der Waals surface area contributed by atoms with Crippen LogP contribution in [-0.4, -0.2) is 23.5 Å². The average Bonchev–Trinajstić information content (AvgIpc) is 2.78. The molecule has 0 saturated heterocycles. The molecule has 0 unspecified atom stereocenters. The SMILES string of the molecule is Cc1ccc(C(=O)NC(=S)NNC(=O)COc2ccccc2-c2ccccc2)cc1Br. The Morgan fingerprint density at radius 1 is 0.968 bits per heavy atom. The minimum Gasteiger partial charge on any atom is -0.483 e. The normalized spacial score (nSPS) is 10.1. The highest BCUT2D eigenvalue weighted by Gasteiger charge is 2.11. The van der Waals surface area contributed by atoms with Gasteiger partial charge in [0, 0.05) is 15.6 Å². The van der Waals surface area contributed by atoms with Crippen LogP contribution in [0.4, 0.5) is 0 Å². The summed E-state index contributed by atoms with van der Waals surface area (Å²) in [5.74, 6) is -0.247. The second-order valence-electron chi connectivity index (χ2n) is 6.57. The van der Waals surface area contributed by atoms with Crippen LogP contribution in [0, 0.1) is 6.92 Å². The van der Waals surface area contributed by atoms with Crippen LogP contribution in [0.2, 0.25) is 0 Å². The van der Waals surface area contributed by atoms with E-state index in [4.69, 9.17) is 17.0 Å². The third kappa shape index (κ3) is 6.37. The molecule has 3 aromatic carbocycles. The molecule has 3 rings (SSSR count). The van der Waals surface area contributed by atoms with E-state index in [1.165, 1.54) is 0 Å². The lowest BCUT2D eigenvalue weighted by atomic mass is 10.1. The molecule has 3 N–H and O–H groups in total. The zero-order chi connectivity index (χ0) is 22.2. The molecular weight excluding hydrogens is 478 g/mol. The first kappa shape index (κ1) is 22.5. The molecule has 0 radical (unpaired) electrons. The summed E-state index contributed by atoms with van der Waals surface area (Å²) in [5, 5.41) is 2.48. The Bertz CT molecular complexity index is 1110. The molecule has 0 atom stereocenters. The van der Waals surface area contributed by atoms with Crippen molar-refractivity contribution in [2.24, 2.45) is 0 Å². The van der Waals surface area contributed by atoms with E-state index in [9.17, 15) is 9.59 Å². The fraction of sp³-hybridized carbons (Fsp3) is 0.0870. The molecule has 0 saturated carbocycles. The van der Waals surface area contributed by atoms with Gasteiger partial charge in [0.15, 0.2) is 11.7 Å². The second kappa shape index (κ2) is 10.7. The molecule has 0 aliphatic heterocycles. The van der Waals surface area contributed by atoms with Crippen LogP contribution < -0.4 is 20.9 Å². The monoisotopic (exact) mass is 497 g/mol. The van der Waals surface area contributed by atoms with Crippen molar-refractivity contribution in [3.8, 4) is 16.9 Å². The first-order valence-corrected chi connectivity index (χ1v) is 10.6. The molecule has 0 heterocycles. The number of hydrogen-bond donors (Lipinski definition) is 3. The lowest BCUT2D eigenvalue weighted by Gasteiger charge is -2.13. The highest BCUT2D eigenvalue weighted by molar-refractivity contribution is 9.10. The van der Waals surface area contributed by atoms with Crippen molar-refractivity contribution >= 4 is 45.1 Å². The summed E-state index contributed by atoms with van der Waals surface area (Å²) in [7, 11) is 0. The van der Waals surface area contributed by atoms with Crippen molar-refractivity contribution < 1.29 is 14.3 Å². The number of benzene rings is 3. The molecule has 0 spiro atoms. The molecule has 3 aromatic rings. The van der Waals surface area contributed by atoms with Crippen molar-refractivity contribution in [3.63, 3.8) is 0 Å². The summed E-state index contributed by atoms with van der Waals surface area (Å²) in [5.41, 5.74) is 8.24. The molecule has 158 valence electrons. The summed E-state index contributed by atoms with van der Waals surface area (Å²) in [6.45, 7) is 1.70. The van der Waals surface area contributed by atoms with Crippen LogP contribution in [0.5, 0.6) is 5.75 Å². The molecule has 8 heteroatoms. The van der Waals surface area contributed by atoms with E-state index < -0.39 is 5.91 Å². The fourth-order valence-electron chi connectivity index (χ4n) is 2.70. The summed E-state index contributed by atoms with van der Waals surface area (Å²) >= 11 is 8.45. The first-order chi connectivity index (χ1) is 14.9. The minimum atomic E-state index is -0.447. The Labute approximate surface area is 194 Å². The number of halogens is 1. The Morgan fingerprint density at radius 2 is 1.68 bits per heavy atom. The van der Waals surface area contributed by atoms with Crippen molar-refractivity contribution in [1.82, 2.24) is 16.2 Å². The molecule has 2 amide bonds. The topological polar surface area (TPSA) is 79.5 Å². The molecule has 0 aliphatic carbocycles. The standard InChI is InChI=1S/C23H20BrN3O3S/c1-15-11-12-17(13-19(15)24)22(29)25-23(31)27-26-21(28)14-30-20-10-6-5-9-18(20)16-7-3-2-4-8-16/h2-13H,14H2,1H3,(H,26,28)(H2,25,27,29,31). The van der Waals surface area contributed by atoms with E-state index >= 15 is 0 Å². The van der Waals surface area contributed by atoms with E-state index in [0.29, 0.717) is 11.3 Å². The van der Waals surface area contributed by atoms with Crippen molar-refractivity contribution in [2.75, 3.05) is 6.61 Å². The van der Waals surface area contributed by atoms with Gasteiger partial charge in [-0.2, -0.15) is 0 Å². The quantitative estimate of drug-likeness (QED) is 0.364. The lowest BCUT2D eigenvalue weighted by molar-refractivity contribution is -0.123. The van der Waals surface area contributed by atoms with Crippen LogP contribution >= 0.6 is 28.1 Å². The number of carbonyl (C=O) groups is 2. The zero-order valence-electron chi connectivity index (χ0n) is 16.6. The van der Waals surface area contributed by atoms with E-state index in [1.54, 1.807) is 18.2 Å². The van der Waals surface area contributed by atoms with E-state index in [2.05, 4.69) is 32.1 Å². The maximum atomic E-state index is 12.2. The molecule has 6 nitrogen and oxygen atoms in total. The molecular formula is C23H20BrN3O3S. The predicted molar refractivity (Wildman–Crippen MR) is 128 cm³/mol. The van der Waals surface area contributed by atoms with Crippen LogP contribution in [0.1, 0.15) is 15.9 Å². The van der Waals surface area contributed by atoms with E-state index in [1.807, 2.05) is 61.5 Å². The van der Waals surface area contributed by atoms with Gasteiger partial charge in [0.2, 0.25) is 0 Å². The van der Waals surface area contributed by atoms with Crippen molar-refractivity contribution in [2.45, 2.75) is 6.92 Å². The summed E-state index contributed by atoms with van der Waals surface area (Å²) in [6, 6.07) is 22.4. The number of hydrogen-bond acceptors (Lipinski definition) is 4. The number of ether oxygens (including phenoxy) is 1. The van der Waals surface area contributed by atoms with Gasteiger partial charge in [-0.25, -0.2) is 0 Å². The van der Waals surface area contributed by atoms with Gasteiger partial charge in [0.1, 0.15) is 5.75 Å². The highest BCUT2D eigenvalue weighted by Crippen LogP contribution is 2.29. The number of carbonyl (C=O) groups excluding carboxylic acids is 2. The molecule has 0 aliphatic rings. The maximum Gasteiger partial charge on any atom is 0.276 e. The smallest absolute Gasteiger partial charge is 0.276 e. The summed E-state index contributed by atoms with van der Waals surface area (Å²) in [4.78, 5) is 24.4. The van der Waals surface area contributed by atoms with Crippen LogP contribution in [0.15, 0.2) is 77.3 Å². The lowest BCUT2D eigenvalue weighted by Crippen LogP contribution is -2.49. The third-order valence-electron chi connectivity index (χ3n) is 4.31. The predicted octanol–water partition coefficient (Wildman–Crippen LogP) is 4.14. The highest BCUT2D eigenvalue weighted by atomic mass is 79.9. The summed E-state index contributed by atoms with van der Waals surface area (Å²) < 4.78 is 6.49. The number of aryl methyl sites for hydroxylation is 1. The Hall–Kier alpha value is -3.23. The van der Waals surface area contributed by atoms with Crippen molar-refractivity contribution in [1.29, 1.82) is 0 Å².